The van der Waals surface area contributed by atoms with Crippen LogP contribution in [0.4, 0.5) is 0 Å². The Labute approximate surface area is 126 Å². The first-order valence-corrected chi connectivity index (χ1v) is 7.57. The zero-order chi connectivity index (χ0) is 14.5. The van der Waals surface area contributed by atoms with E-state index in [9.17, 15) is 5.26 Å². The summed E-state index contributed by atoms with van der Waals surface area (Å²) < 4.78 is 0. The molecule has 0 N–H and O–H groups in total. The maximum absolute atomic E-state index is 9.55. The van der Waals surface area contributed by atoms with Gasteiger partial charge in [0, 0.05) is 13.1 Å². The van der Waals surface area contributed by atoms with Crippen molar-refractivity contribution in [2.45, 2.75) is 18.9 Å². The van der Waals surface area contributed by atoms with Gasteiger partial charge in [0.2, 0.25) is 0 Å². The summed E-state index contributed by atoms with van der Waals surface area (Å²) in [6.45, 7) is 3.09. The van der Waals surface area contributed by atoms with Gasteiger partial charge in [0.05, 0.1) is 12.0 Å². The van der Waals surface area contributed by atoms with Crippen LogP contribution < -0.4 is 0 Å². The van der Waals surface area contributed by atoms with Gasteiger partial charge in [-0.2, -0.15) is 5.26 Å². The Hall–Kier alpha value is -2.11. The van der Waals surface area contributed by atoms with E-state index in [0.29, 0.717) is 5.92 Å². The van der Waals surface area contributed by atoms with Crippen molar-refractivity contribution in [2.75, 3.05) is 13.1 Å². The van der Waals surface area contributed by atoms with Crippen molar-refractivity contribution in [3.05, 3.63) is 71.8 Å². The number of hydrogen-bond acceptors (Lipinski definition) is 2. The molecule has 3 rings (SSSR count). The third-order valence-corrected chi connectivity index (χ3v) is 4.33. The molecule has 1 aliphatic heterocycles. The SMILES string of the molecule is N#C[C@@H](c1ccccc1)[C@@H]1CCN(Cc2ccccc2)C1. The number of hydrogen-bond donors (Lipinski definition) is 0. The van der Waals surface area contributed by atoms with Gasteiger partial charge in [-0.1, -0.05) is 60.7 Å². The van der Waals surface area contributed by atoms with E-state index in [-0.39, 0.29) is 5.92 Å². The van der Waals surface area contributed by atoms with E-state index in [1.54, 1.807) is 0 Å². The molecule has 0 aliphatic carbocycles. The molecule has 1 saturated heterocycles. The highest BCUT2D eigenvalue weighted by molar-refractivity contribution is 5.26. The Kier molecular flexibility index (Phi) is 4.33. The average Bonchev–Trinajstić information content (AvgIpc) is 2.98. The van der Waals surface area contributed by atoms with Crippen LogP contribution in [0.3, 0.4) is 0 Å². The van der Waals surface area contributed by atoms with Crippen LogP contribution in [0.2, 0.25) is 0 Å². The lowest BCUT2D eigenvalue weighted by Crippen LogP contribution is -2.22. The Morgan fingerprint density at radius 1 is 1.05 bits per heavy atom. The topological polar surface area (TPSA) is 27.0 Å². The Balaban J connectivity index is 1.65. The molecule has 1 heterocycles. The summed E-state index contributed by atoms with van der Waals surface area (Å²) in [6.07, 6.45) is 1.11. The smallest absolute Gasteiger partial charge is 0.0753 e. The molecule has 0 spiro atoms. The highest BCUT2D eigenvalue weighted by atomic mass is 15.1. The second-order valence-electron chi connectivity index (χ2n) is 5.79. The van der Waals surface area contributed by atoms with Gasteiger partial charge in [-0.3, -0.25) is 4.90 Å². The van der Waals surface area contributed by atoms with Gasteiger partial charge >= 0.3 is 0 Å². The maximum atomic E-state index is 9.55. The molecule has 2 atom stereocenters. The second-order valence-corrected chi connectivity index (χ2v) is 5.79. The molecule has 2 aromatic carbocycles. The van der Waals surface area contributed by atoms with Crippen LogP contribution in [0, 0.1) is 17.2 Å². The number of benzene rings is 2. The third-order valence-electron chi connectivity index (χ3n) is 4.33. The molecular weight excluding hydrogens is 256 g/mol. The summed E-state index contributed by atoms with van der Waals surface area (Å²) in [4.78, 5) is 2.47. The van der Waals surface area contributed by atoms with E-state index in [1.165, 1.54) is 5.56 Å². The Morgan fingerprint density at radius 2 is 1.71 bits per heavy atom. The van der Waals surface area contributed by atoms with Crippen molar-refractivity contribution in [2.24, 2.45) is 5.92 Å². The van der Waals surface area contributed by atoms with Crippen LogP contribution in [-0.4, -0.2) is 18.0 Å². The van der Waals surface area contributed by atoms with Crippen molar-refractivity contribution < 1.29 is 0 Å². The van der Waals surface area contributed by atoms with E-state index in [0.717, 1.165) is 31.6 Å². The minimum atomic E-state index is 0.0203. The molecular formula is C19H20N2. The minimum Gasteiger partial charge on any atom is -0.299 e. The lowest BCUT2D eigenvalue weighted by atomic mass is 9.86. The third kappa shape index (κ3) is 3.32. The quantitative estimate of drug-likeness (QED) is 0.849. The average molecular weight is 276 g/mol. The van der Waals surface area contributed by atoms with Crippen molar-refractivity contribution in [3.63, 3.8) is 0 Å². The fraction of sp³-hybridized carbons (Fsp3) is 0.316. The van der Waals surface area contributed by atoms with Gasteiger partial charge in [0.25, 0.3) is 0 Å². The van der Waals surface area contributed by atoms with Gasteiger partial charge in [-0.25, -0.2) is 0 Å². The van der Waals surface area contributed by atoms with Crippen LogP contribution in [0.15, 0.2) is 60.7 Å². The van der Waals surface area contributed by atoms with Gasteiger partial charge in [0.15, 0.2) is 0 Å². The first kappa shape index (κ1) is 13.9. The molecule has 2 nitrogen and oxygen atoms in total. The summed E-state index contributed by atoms with van der Waals surface area (Å²) in [5.41, 5.74) is 2.51. The zero-order valence-corrected chi connectivity index (χ0v) is 12.2. The Morgan fingerprint density at radius 3 is 2.38 bits per heavy atom. The Bertz CT molecular complexity index is 600. The van der Waals surface area contributed by atoms with Crippen LogP contribution in [0.5, 0.6) is 0 Å². The van der Waals surface area contributed by atoms with E-state index in [1.807, 2.05) is 18.2 Å². The van der Waals surface area contributed by atoms with Crippen molar-refractivity contribution in [1.82, 2.24) is 4.90 Å². The molecule has 106 valence electrons. The van der Waals surface area contributed by atoms with Crippen LogP contribution in [0.25, 0.3) is 0 Å². The minimum absolute atomic E-state index is 0.0203. The molecule has 1 aliphatic rings. The first-order valence-electron chi connectivity index (χ1n) is 7.57. The maximum Gasteiger partial charge on any atom is 0.0753 e. The van der Waals surface area contributed by atoms with E-state index >= 15 is 0 Å². The van der Waals surface area contributed by atoms with Gasteiger partial charge < -0.3 is 0 Å². The summed E-state index contributed by atoms with van der Waals surface area (Å²) in [7, 11) is 0. The molecule has 2 aromatic rings. The summed E-state index contributed by atoms with van der Waals surface area (Å²) in [6, 6.07) is 23.3. The predicted molar refractivity (Wildman–Crippen MR) is 84.6 cm³/mol. The molecule has 0 saturated carbocycles. The number of rotatable bonds is 4. The van der Waals surface area contributed by atoms with E-state index < -0.39 is 0 Å². The van der Waals surface area contributed by atoms with Crippen molar-refractivity contribution >= 4 is 0 Å². The van der Waals surface area contributed by atoms with E-state index in [2.05, 4.69) is 53.4 Å². The second kappa shape index (κ2) is 6.56. The molecule has 1 fully saturated rings. The largest absolute Gasteiger partial charge is 0.299 e. The van der Waals surface area contributed by atoms with Gasteiger partial charge in [-0.15, -0.1) is 0 Å². The molecule has 2 heteroatoms. The first-order chi connectivity index (χ1) is 10.4. The lowest BCUT2D eigenvalue weighted by molar-refractivity contribution is 0.312. The van der Waals surface area contributed by atoms with Gasteiger partial charge in [0.1, 0.15) is 0 Å². The molecule has 21 heavy (non-hydrogen) atoms. The van der Waals surface area contributed by atoms with Crippen LogP contribution in [-0.2, 0) is 6.54 Å². The standard InChI is InChI=1S/C19H20N2/c20-13-19(17-9-5-2-6-10-17)18-11-12-21(15-18)14-16-7-3-1-4-8-16/h1-10,18-19H,11-12,14-15H2/t18-,19+/m1/s1. The molecule has 0 unspecified atom stereocenters. The predicted octanol–water partition coefficient (Wildman–Crippen LogP) is 3.82. The highest BCUT2D eigenvalue weighted by Crippen LogP contribution is 2.32. The number of likely N-dealkylation sites (tertiary alicyclic amines) is 1. The summed E-state index contributed by atoms with van der Waals surface area (Å²) >= 11 is 0. The zero-order valence-electron chi connectivity index (χ0n) is 12.2. The summed E-state index contributed by atoms with van der Waals surface area (Å²) in [5.74, 6) is 0.466. The van der Waals surface area contributed by atoms with Crippen LogP contribution in [0.1, 0.15) is 23.5 Å². The summed E-state index contributed by atoms with van der Waals surface area (Å²) in [5, 5.41) is 9.55. The fourth-order valence-electron chi connectivity index (χ4n) is 3.23. The van der Waals surface area contributed by atoms with Crippen molar-refractivity contribution in [1.29, 1.82) is 5.26 Å². The molecule has 0 bridgehead atoms. The monoisotopic (exact) mass is 276 g/mol. The number of nitriles is 1. The van der Waals surface area contributed by atoms with E-state index in [4.69, 9.17) is 0 Å². The highest BCUT2D eigenvalue weighted by Gasteiger charge is 2.30. The number of nitrogens with zero attached hydrogens (tertiary/aromatic N) is 2. The molecule has 0 aromatic heterocycles. The molecule has 0 radical (unpaired) electrons. The van der Waals surface area contributed by atoms with Gasteiger partial charge in [-0.05, 0) is 30.0 Å². The fourth-order valence-corrected chi connectivity index (χ4v) is 3.23. The lowest BCUT2D eigenvalue weighted by Gasteiger charge is -2.19. The van der Waals surface area contributed by atoms with Crippen molar-refractivity contribution in [3.8, 4) is 6.07 Å². The van der Waals surface area contributed by atoms with Crippen LogP contribution >= 0.6 is 0 Å². The molecule has 0 amide bonds. The normalized spacial score (nSPS) is 20.0.